The molecule has 1 aromatic rings. The summed E-state index contributed by atoms with van der Waals surface area (Å²) in [5.41, 5.74) is 0.471. The number of amides is 1. The molecule has 0 aliphatic heterocycles. The smallest absolute Gasteiger partial charge is 0.411 e. The van der Waals surface area contributed by atoms with Crippen LogP contribution in [0.1, 0.15) is 12.8 Å². The Bertz CT molecular complexity index is 426. The number of non-ortho nitro benzene ring substituents is 1. The van der Waals surface area contributed by atoms with E-state index in [1.807, 2.05) is 0 Å². The molecule has 0 saturated heterocycles. The Morgan fingerprint density at radius 2 is 2.06 bits per heavy atom. The summed E-state index contributed by atoms with van der Waals surface area (Å²) >= 11 is 0. The summed E-state index contributed by atoms with van der Waals surface area (Å²) in [6.07, 6.45) is 1.71. The second-order valence-electron chi connectivity index (χ2n) is 3.97. The van der Waals surface area contributed by atoms with E-state index in [4.69, 9.17) is 4.74 Å². The molecule has 1 aliphatic rings. The lowest BCUT2D eigenvalue weighted by Crippen LogP contribution is -2.14. The number of nitrogens with zero attached hydrogens (tertiary/aromatic N) is 1. The van der Waals surface area contributed by atoms with E-state index in [9.17, 15) is 14.9 Å². The van der Waals surface area contributed by atoms with E-state index in [1.165, 1.54) is 24.3 Å². The number of nitro groups is 1. The number of ether oxygens (including phenoxy) is 1. The minimum atomic E-state index is -0.522. The standard InChI is InChI=1S/C11H12N2O4/c14-11(17-7-8-1-2-8)12-9-3-5-10(6-4-9)13(15)16/h3-6,8H,1-2,7H2,(H,12,14). The molecule has 6 nitrogen and oxygen atoms in total. The molecule has 0 spiro atoms. The van der Waals surface area contributed by atoms with Crippen LogP contribution in [0.2, 0.25) is 0 Å². The molecular formula is C11H12N2O4. The molecule has 0 radical (unpaired) electrons. The Labute approximate surface area is 97.7 Å². The number of benzene rings is 1. The Hall–Kier alpha value is -2.11. The third kappa shape index (κ3) is 3.44. The summed E-state index contributed by atoms with van der Waals surface area (Å²) in [5.74, 6) is 0.512. The van der Waals surface area contributed by atoms with Crippen molar-refractivity contribution >= 4 is 17.5 Å². The third-order valence-corrected chi connectivity index (χ3v) is 2.47. The van der Waals surface area contributed by atoms with Crippen LogP contribution in [0.5, 0.6) is 0 Å². The van der Waals surface area contributed by atoms with Gasteiger partial charge in [-0.2, -0.15) is 0 Å². The van der Waals surface area contributed by atoms with Gasteiger partial charge in [-0.25, -0.2) is 4.79 Å². The summed E-state index contributed by atoms with van der Waals surface area (Å²) in [6.45, 7) is 0.443. The van der Waals surface area contributed by atoms with E-state index < -0.39 is 11.0 Å². The predicted molar refractivity (Wildman–Crippen MR) is 60.8 cm³/mol. The third-order valence-electron chi connectivity index (χ3n) is 2.47. The zero-order valence-electron chi connectivity index (χ0n) is 9.09. The molecule has 90 valence electrons. The van der Waals surface area contributed by atoms with Crippen molar-refractivity contribution in [3.63, 3.8) is 0 Å². The predicted octanol–water partition coefficient (Wildman–Crippen LogP) is 2.55. The largest absolute Gasteiger partial charge is 0.449 e. The van der Waals surface area contributed by atoms with Crippen LogP contribution in [0.15, 0.2) is 24.3 Å². The van der Waals surface area contributed by atoms with Gasteiger partial charge < -0.3 is 4.74 Å². The highest BCUT2D eigenvalue weighted by molar-refractivity contribution is 5.84. The molecule has 0 unspecified atom stereocenters. The molecule has 0 aromatic heterocycles. The summed E-state index contributed by atoms with van der Waals surface area (Å²) in [4.78, 5) is 21.2. The number of carbonyl (C=O) groups excluding carboxylic acids is 1. The quantitative estimate of drug-likeness (QED) is 0.643. The fraction of sp³-hybridized carbons (Fsp3) is 0.364. The van der Waals surface area contributed by atoms with Gasteiger partial charge in [0.15, 0.2) is 0 Å². The molecule has 1 saturated carbocycles. The van der Waals surface area contributed by atoms with E-state index in [2.05, 4.69) is 5.32 Å². The van der Waals surface area contributed by atoms with Crippen molar-refractivity contribution in [2.24, 2.45) is 5.92 Å². The van der Waals surface area contributed by atoms with E-state index in [-0.39, 0.29) is 5.69 Å². The molecular weight excluding hydrogens is 224 g/mol. The van der Waals surface area contributed by atoms with Gasteiger partial charge in [0, 0.05) is 17.8 Å². The maximum Gasteiger partial charge on any atom is 0.411 e. The minimum Gasteiger partial charge on any atom is -0.449 e. The van der Waals surface area contributed by atoms with Gasteiger partial charge in [0.05, 0.1) is 11.5 Å². The monoisotopic (exact) mass is 236 g/mol. The summed E-state index contributed by atoms with van der Waals surface area (Å²) in [6, 6.07) is 5.60. The summed E-state index contributed by atoms with van der Waals surface area (Å²) < 4.78 is 4.96. The second kappa shape index (κ2) is 4.82. The van der Waals surface area contributed by atoms with E-state index in [0.717, 1.165) is 12.8 Å². The lowest BCUT2D eigenvalue weighted by atomic mass is 10.3. The van der Waals surface area contributed by atoms with Crippen LogP contribution in [0, 0.1) is 16.0 Å². The van der Waals surface area contributed by atoms with Crippen molar-refractivity contribution in [3.05, 3.63) is 34.4 Å². The van der Waals surface area contributed by atoms with Crippen LogP contribution in [-0.2, 0) is 4.74 Å². The first-order valence-corrected chi connectivity index (χ1v) is 5.33. The molecule has 0 bridgehead atoms. The van der Waals surface area contributed by atoms with Crippen molar-refractivity contribution in [1.29, 1.82) is 0 Å². The average Bonchev–Trinajstić information content (AvgIpc) is 3.11. The highest BCUT2D eigenvalue weighted by Gasteiger charge is 2.23. The number of nitro benzene ring substituents is 1. The number of rotatable bonds is 4. The highest BCUT2D eigenvalue weighted by Crippen LogP contribution is 2.28. The fourth-order valence-corrected chi connectivity index (χ4v) is 1.30. The number of anilines is 1. The summed E-state index contributed by atoms with van der Waals surface area (Å²) in [5, 5.41) is 12.9. The van der Waals surface area contributed by atoms with E-state index in [1.54, 1.807) is 0 Å². The molecule has 1 aromatic carbocycles. The Kier molecular flexibility index (Phi) is 3.22. The maximum absolute atomic E-state index is 11.3. The van der Waals surface area contributed by atoms with Crippen molar-refractivity contribution in [2.75, 3.05) is 11.9 Å². The molecule has 2 rings (SSSR count). The molecule has 1 fully saturated rings. The SMILES string of the molecule is O=C(Nc1ccc([N+](=O)[O-])cc1)OCC1CC1. The van der Waals surface area contributed by atoms with Gasteiger partial charge in [-0.05, 0) is 30.9 Å². The number of hydrogen-bond donors (Lipinski definition) is 1. The van der Waals surface area contributed by atoms with E-state index in [0.29, 0.717) is 18.2 Å². The lowest BCUT2D eigenvalue weighted by molar-refractivity contribution is -0.384. The minimum absolute atomic E-state index is 0.0121. The van der Waals surface area contributed by atoms with Crippen LogP contribution >= 0.6 is 0 Å². The van der Waals surface area contributed by atoms with Crippen molar-refractivity contribution < 1.29 is 14.5 Å². The Morgan fingerprint density at radius 1 is 1.41 bits per heavy atom. The molecule has 1 amide bonds. The number of carbonyl (C=O) groups is 1. The van der Waals surface area contributed by atoms with Gasteiger partial charge in [-0.3, -0.25) is 15.4 Å². The topological polar surface area (TPSA) is 81.5 Å². The maximum atomic E-state index is 11.3. The van der Waals surface area contributed by atoms with Crippen LogP contribution in [-0.4, -0.2) is 17.6 Å². The summed E-state index contributed by atoms with van der Waals surface area (Å²) in [7, 11) is 0. The van der Waals surface area contributed by atoms with Crippen LogP contribution in [0.4, 0.5) is 16.2 Å². The number of hydrogen-bond acceptors (Lipinski definition) is 4. The second-order valence-corrected chi connectivity index (χ2v) is 3.97. The zero-order chi connectivity index (χ0) is 12.3. The molecule has 17 heavy (non-hydrogen) atoms. The molecule has 0 atom stereocenters. The lowest BCUT2D eigenvalue weighted by Gasteiger charge is -2.05. The Balaban J connectivity index is 1.84. The normalized spacial score (nSPS) is 14.1. The number of nitrogens with one attached hydrogen (secondary N) is 1. The molecule has 1 aliphatic carbocycles. The average molecular weight is 236 g/mol. The van der Waals surface area contributed by atoms with Crippen LogP contribution in [0.25, 0.3) is 0 Å². The first-order chi connectivity index (χ1) is 8.15. The molecule has 6 heteroatoms. The van der Waals surface area contributed by atoms with Gasteiger partial charge in [0.1, 0.15) is 0 Å². The van der Waals surface area contributed by atoms with Gasteiger partial charge >= 0.3 is 6.09 Å². The van der Waals surface area contributed by atoms with Gasteiger partial charge in [0.25, 0.3) is 5.69 Å². The zero-order valence-corrected chi connectivity index (χ0v) is 9.09. The molecule has 1 N–H and O–H groups in total. The van der Waals surface area contributed by atoms with Crippen LogP contribution < -0.4 is 5.32 Å². The van der Waals surface area contributed by atoms with Crippen molar-refractivity contribution in [3.8, 4) is 0 Å². The Morgan fingerprint density at radius 3 is 2.59 bits per heavy atom. The first kappa shape index (κ1) is 11.4. The van der Waals surface area contributed by atoms with Crippen molar-refractivity contribution in [1.82, 2.24) is 0 Å². The van der Waals surface area contributed by atoms with Gasteiger partial charge in [-0.15, -0.1) is 0 Å². The highest BCUT2D eigenvalue weighted by atomic mass is 16.6. The van der Waals surface area contributed by atoms with Gasteiger partial charge in [0.2, 0.25) is 0 Å². The van der Waals surface area contributed by atoms with Gasteiger partial charge in [-0.1, -0.05) is 0 Å². The fourth-order valence-electron chi connectivity index (χ4n) is 1.30. The van der Waals surface area contributed by atoms with Crippen LogP contribution in [0.3, 0.4) is 0 Å². The van der Waals surface area contributed by atoms with E-state index >= 15 is 0 Å². The first-order valence-electron chi connectivity index (χ1n) is 5.33. The molecule has 0 heterocycles. The van der Waals surface area contributed by atoms with Crippen molar-refractivity contribution in [2.45, 2.75) is 12.8 Å².